The smallest absolute Gasteiger partial charge is 0.0445 e. The average Bonchev–Trinajstić information content (AvgIpc) is 2.23. The highest BCUT2D eigenvalue weighted by Gasteiger charge is 2.30. The maximum atomic E-state index is 11.7. The van der Waals surface area contributed by atoms with Crippen molar-refractivity contribution in [1.29, 1.82) is 0 Å². The zero-order valence-corrected chi connectivity index (χ0v) is 9.81. The topological polar surface area (TPSA) is 29.1 Å². The van der Waals surface area contributed by atoms with Crippen molar-refractivity contribution in [2.75, 3.05) is 12.3 Å². The summed E-state index contributed by atoms with van der Waals surface area (Å²) >= 11 is 0. The molecular weight excluding hydrogens is 194 g/mol. The molecule has 0 aromatic heterocycles. The first-order chi connectivity index (χ1) is 6.77. The van der Waals surface area contributed by atoms with Gasteiger partial charge in [-0.05, 0) is 25.7 Å². The highest BCUT2D eigenvalue weighted by molar-refractivity contribution is 7.85. The Morgan fingerprint density at radius 2 is 1.93 bits per heavy atom. The molecule has 2 fully saturated rings. The summed E-state index contributed by atoms with van der Waals surface area (Å²) in [5, 5.41) is 3.93. The number of nitrogens with one attached hydrogen (secondary N) is 1. The molecule has 0 bridgehead atoms. The van der Waals surface area contributed by atoms with Crippen molar-refractivity contribution in [2.45, 2.75) is 50.3 Å². The molecule has 1 aliphatic heterocycles. The molecule has 2 rings (SSSR count). The van der Waals surface area contributed by atoms with E-state index in [2.05, 4.69) is 12.2 Å². The van der Waals surface area contributed by atoms with E-state index in [1.54, 1.807) is 0 Å². The van der Waals surface area contributed by atoms with Gasteiger partial charge in [-0.2, -0.15) is 0 Å². The fraction of sp³-hybridized carbons (Fsp3) is 1.00. The maximum Gasteiger partial charge on any atom is 0.0445 e. The third kappa shape index (κ3) is 2.37. The minimum absolute atomic E-state index is 0.356. The van der Waals surface area contributed by atoms with Gasteiger partial charge in [0.1, 0.15) is 0 Å². The van der Waals surface area contributed by atoms with Gasteiger partial charge in [0.2, 0.25) is 0 Å². The minimum Gasteiger partial charge on any atom is -0.312 e. The largest absolute Gasteiger partial charge is 0.312 e. The lowest BCUT2D eigenvalue weighted by Gasteiger charge is -2.35. The third-order valence-electron chi connectivity index (χ3n) is 3.68. The molecule has 3 heteroatoms. The standard InChI is InChI=1S/C11H21NOS/c1-9-7-12-11(8-14(9)13)10-5-3-2-4-6-10/h9-12H,2-8H2,1H3. The van der Waals surface area contributed by atoms with Crippen LogP contribution in [0, 0.1) is 5.92 Å². The van der Waals surface area contributed by atoms with Crippen LogP contribution in [0.1, 0.15) is 39.0 Å². The maximum absolute atomic E-state index is 11.7. The summed E-state index contributed by atoms with van der Waals surface area (Å²) in [5.74, 6) is 1.70. The molecule has 0 amide bonds. The van der Waals surface area contributed by atoms with E-state index >= 15 is 0 Å². The van der Waals surface area contributed by atoms with Crippen LogP contribution in [0.3, 0.4) is 0 Å². The lowest BCUT2D eigenvalue weighted by Crippen LogP contribution is -2.50. The Hall–Kier alpha value is 0.110. The summed E-state index contributed by atoms with van der Waals surface area (Å²) in [6.07, 6.45) is 6.87. The fourth-order valence-electron chi connectivity index (χ4n) is 2.65. The number of hydrogen-bond acceptors (Lipinski definition) is 2. The van der Waals surface area contributed by atoms with Crippen LogP contribution in [0.25, 0.3) is 0 Å². The van der Waals surface area contributed by atoms with Crippen molar-refractivity contribution in [3.8, 4) is 0 Å². The van der Waals surface area contributed by atoms with E-state index in [4.69, 9.17) is 0 Å². The Labute approximate surface area is 89.3 Å². The molecule has 14 heavy (non-hydrogen) atoms. The Bertz CT molecular complexity index is 213. The van der Waals surface area contributed by atoms with E-state index in [-0.39, 0.29) is 0 Å². The second-order valence-electron chi connectivity index (χ2n) is 4.77. The molecule has 1 aliphatic carbocycles. The lowest BCUT2D eigenvalue weighted by atomic mass is 9.84. The van der Waals surface area contributed by atoms with E-state index in [1.165, 1.54) is 32.1 Å². The van der Waals surface area contributed by atoms with Gasteiger partial charge < -0.3 is 5.32 Å². The van der Waals surface area contributed by atoms with Gasteiger partial charge in [-0.3, -0.25) is 4.21 Å². The molecule has 1 heterocycles. The van der Waals surface area contributed by atoms with E-state index in [1.807, 2.05) is 0 Å². The number of rotatable bonds is 1. The summed E-state index contributed by atoms with van der Waals surface area (Å²) in [6.45, 7) is 3.04. The van der Waals surface area contributed by atoms with Gasteiger partial charge in [-0.15, -0.1) is 0 Å². The third-order valence-corrected chi connectivity index (χ3v) is 5.43. The van der Waals surface area contributed by atoms with Crippen LogP contribution in [0.2, 0.25) is 0 Å². The molecule has 0 radical (unpaired) electrons. The zero-order chi connectivity index (χ0) is 9.97. The van der Waals surface area contributed by atoms with Gasteiger partial charge in [0.15, 0.2) is 0 Å². The molecule has 3 atom stereocenters. The van der Waals surface area contributed by atoms with Crippen molar-refractivity contribution in [1.82, 2.24) is 5.32 Å². The Kier molecular flexibility index (Phi) is 3.61. The van der Waals surface area contributed by atoms with Crippen LogP contribution in [-0.2, 0) is 10.8 Å². The first-order valence-electron chi connectivity index (χ1n) is 5.88. The highest BCUT2D eigenvalue weighted by atomic mass is 32.2. The molecule has 0 aromatic carbocycles. The first kappa shape index (κ1) is 10.6. The van der Waals surface area contributed by atoms with Crippen LogP contribution in [-0.4, -0.2) is 27.8 Å². The van der Waals surface area contributed by atoms with Gasteiger partial charge in [0.05, 0.1) is 0 Å². The fourth-order valence-corrected chi connectivity index (χ4v) is 4.00. The molecule has 0 spiro atoms. The van der Waals surface area contributed by atoms with E-state index in [9.17, 15) is 4.21 Å². The van der Waals surface area contributed by atoms with Crippen LogP contribution in [0.15, 0.2) is 0 Å². The van der Waals surface area contributed by atoms with Crippen LogP contribution in [0.5, 0.6) is 0 Å². The molecule has 1 saturated carbocycles. The molecule has 2 nitrogen and oxygen atoms in total. The first-order valence-corrected chi connectivity index (χ1v) is 7.26. The predicted octanol–water partition coefficient (Wildman–Crippen LogP) is 1.68. The van der Waals surface area contributed by atoms with Gasteiger partial charge in [-0.25, -0.2) is 0 Å². The summed E-state index contributed by atoms with van der Waals surface area (Å²) < 4.78 is 11.7. The molecule has 1 N–H and O–H groups in total. The van der Waals surface area contributed by atoms with Gasteiger partial charge in [0, 0.05) is 34.4 Å². The van der Waals surface area contributed by atoms with E-state index in [0.717, 1.165) is 18.2 Å². The van der Waals surface area contributed by atoms with Crippen LogP contribution < -0.4 is 5.32 Å². The zero-order valence-electron chi connectivity index (χ0n) is 9.00. The second kappa shape index (κ2) is 4.75. The summed E-state index contributed by atoms with van der Waals surface area (Å²) in [7, 11) is -0.579. The van der Waals surface area contributed by atoms with Gasteiger partial charge in [0.25, 0.3) is 0 Å². The average molecular weight is 215 g/mol. The molecule has 2 aliphatic rings. The van der Waals surface area contributed by atoms with Crippen molar-refractivity contribution < 1.29 is 4.21 Å². The van der Waals surface area contributed by atoms with Crippen molar-refractivity contribution in [3.63, 3.8) is 0 Å². The summed E-state index contributed by atoms with van der Waals surface area (Å²) in [6, 6.07) is 0.548. The Morgan fingerprint density at radius 3 is 2.57 bits per heavy atom. The number of hydrogen-bond donors (Lipinski definition) is 1. The Morgan fingerprint density at radius 1 is 1.21 bits per heavy atom. The molecule has 82 valence electrons. The van der Waals surface area contributed by atoms with E-state index < -0.39 is 10.8 Å². The molecule has 1 saturated heterocycles. The van der Waals surface area contributed by atoms with Crippen LogP contribution >= 0.6 is 0 Å². The Balaban J connectivity index is 1.88. The molecular formula is C11H21NOS. The highest BCUT2D eigenvalue weighted by Crippen LogP contribution is 2.28. The van der Waals surface area contributed by atoms with Crippen molar-refractivity contribution in [2.24, 2.45) is 5.92 Å². The quantitative estimate of drug-likeness (QED) is 0.721. The second-order valence-corrected chi connectivity index (χ2v) is 6.67. The predicted molar refractivity (Wildman–Crippen MR) is 60.8 cm³/mol. The summed E-state index contributed by atoms with van der Waals surface area (Å²) in [5.41, 5.74) is 0. The SMILES string of the molecule is CC1CNC(C2CCCCC2)CS1=O. The molecule has 0 aromatic rings. The van der Waals surface area contributed by atoms with Gasteiger partial charge in [-0.1, -0.05) is 19.3 Å². The minimum atomic E-state index is -0.579. The normalized spacial score (nSPS) is 41.1. The van der Waals surface area contributed by atoms with Gasteiger partial charge >= 0.3 is 0 Å². The summed E-state index contributed by atoms with van der Waals surface area (Å²) in [4.78, 5) is 0. The lowest BCUT2D eigenvalue weighted by molar-refractivity contribution is 0.280. The monoisotopic (exact) mass is 215 g/mol. The van der Waals surface area contributed by atoms with Crippen molar-refractivity contribution >= 4 is 10.8 Å². The van der Waals surface area contributed by atoms with Crippen molar-refractivity contribution in [3.05, 3.63) is 0 Å². The van der Waals surface area contributed by atoms with E-state index in [0.29, 0.717) is 11.3 Å². The van der Waals surface area contributed by atoms with Crippen LogP contribution in [0.4, 0.5) is 0 Å². The molecule has 3 unspecified atom stereocenters.